The summed E-state index contributed by atoms with van der Waals surface area (Å²) in [6.07, 6.45) is 1.90. The third-order valence-corrected chi connectivity index (χ3v) is 3.85. The minimum Gasteiger partial charge on any atom is -0.506 e. The third kappa shape index (κ3) is 1.73. The first-order chi connectivity index (χ1) is 8.19. The highest BCUT2D eigenvalue weighted by Crippen LogP contribution is 2.37. The fraction of sp³-hybridized carbons (Fsp3) is 0.455. The fourth-order valence-corrected chi connectivity index (χ4v) is 2.65. The minimum absolute atomic E-state index is 0.169. The van der Waals surface area contributed by atoms with Crippen molar-refractivity contribution in [2.75, 3.05) is 6.61 Å². The largest absolute Gasteiger partial charge is 0.506 e. The number of thiophene rings is 1. The van der Waals surface area contributed by atoms with E-state index in [1.165, 1.54) is 11.3 Å². The third-order valence-electron chi connectivity index (χ3n) is 2.96. The van der Waals surface area contributed by atoms with Gasteiger partial charge in [-0.15, -0.1) is 11.3 Å². The highest BCUT2D eigenvalue weighted by molar-refractivity contribution is 7.13. The Morgan fingerprint density at radius 2 is 2.41 bits per heavy atom. The maximum absolute atomic E-state index is 9.59. The molecule has 2 aromatic heterocycles. The zero-order valence-electron chi connectivity index (χ0n) is 9.34. The highest BCUT2D eigenvalue weighted by atomic mass is 32.1. The zero-order valence-corrected chi connectivity index (χ0v) is 10.2. The molecule has 1 unspecified atom stereocenters. The van der Waals surface area contributed by atoms with Crippen molar-refractivity contribution in [2.24, 2.45) is 0 Å². The Morgan fingerprint density at radius 3 is 3.06 bits per heavy atom. The maximum Gasteiger partial charge on any atom is 0.271 e. The van der Waals surface area contributed by atoms with Gasteiger partial charge in [-0.3, -0.25) is 0 Å². The summed E-state index contributed by atoms with van der Waals surface area (Å²) in [5.41, 5.74) is -0.450. The van der Waals surface area contributed by atoms with Gasteiger partial charge in [0.1, 0.15) is 16.2 Å². The Kier molecular flexibility index (Phi) is 2.41. The molecule has 3 heterocycles. The number of nitrogens with zero attached hydrogens (tertiary/aromatic N) is 2. The predicted molar refractivity (Wildman–Crippen MR) is 61.8 cm³/mol. The van der Waals surface area contributed by atoms with Gasteiger partial charge in [-0.05, 0) is 31.2 Å². The summed E-state index contributed by atoms with van der Waals surface area (Å²) >= 11 is 1.37. The van der Waals surface area contributed by atoms with Gasteiger partial charge in [0.2, 0.25) is 5.82 Å². The summed E-state index contributed by atoms with van der Waals surface area (Å²) in [7, 11) is 0. The summed E-state index contributed by atoms with van der Waals surface area (Å²) in [4.78, 5) is 4.92. The van der Waals surface area contributed by atoms with Gasteiger partial charge in [0.25, 0.3) is 5.89 Å². The summed E-state index contributed by atoms with van der Waals surface area (Å²) in [6, 6.07) is 1.61. The maximum atomic E-state index is 9.59. The van der Waals surface area contributed by atoms with Gasteiger partial charge in [0, 0.05) is 6.61 Å². The topological polar surface area (TPSA) is 68.4 Å². The van der Waals surface area contributed by atoms with Crippen molar-refractivity contribution in [3.8, 4) is 16.5 Å². The van der Waals surface area contributed by atoms with E-state index in [9.17, 15) is 5.11 Å². The van der Waals surface area contributed by atoms with Crippen LogP contribution in [0.3, 0.4) is 0 Å². The first-order valence-corrected chi connectivity index (χ1v) is 6.32. The molecule has 1 aliphatic rings. The molecule has 5 nitrogen and oxygen atoms in total. The number of hydrogen-bond acceptors (Lipinski definition) is 6. The van der Waals surface area contributed by atoms with Crippen LogP contribution in [0.1, 0.15) is 25.6 Å². The van der Waals surface area contributed by atoms with Crippen LogP contribution in [-0.4, -0.2) is 21.9 Å². The van der Waals surface area contributed by atoms with Gasteiger partial charge in [-0.1, -0.05) is 5.16 Å². The lowest BCUT2D eigenvalue weighted by atomic mass is 10.0. The molecule has 1 fully saturated rings. The first-order valence-electron chi connectivity index (χ1n) is 5.44. The molecule has 1 atom stereocenters. The summed E-state index contributed by atoms with van der Waals surface area (Å²) in [6.45, 7) is 2.69. The molecule has 0 aliphatic carbocycles. The van der Waals surface area contributed by atoms with E-state index in [1.807, 2.05) is 6.92 Å². The summed E-state index contributed by atoms with van der Waals surface area (Å²) in [5, 5.41) is 15.3. The van der Waals surface area contributed by atoms with Crippen LogP contribution in [0.4, 0.5) is 0 Å². The Bertz CT molecular complexity index is 528. The number of aromatic nitrogens is 2. The summed E-state index contributed by atoms with van der Waals surface area (Å²) < 4.78 is 10.8. The second kappa shape index (κ2) is 3.82. The zero-order chi connectivity index (χ0) is 11.9. The number of aromatic hydroxyl groups is 1. The van der Waals surface area contributed by atoms with Crippen LogP contribution in [0.25, 0.3) is 10.8 Å². The van der Waals surface area contributed by atoms with E-state index in [4.69, 9.17) is 9.26 Å². The Balaban J connectivity index is 1.96. The van der Waals surface area contributed by atoms with Crippen LogP contribution in [0.5, 0.6) is 5.75 Å². The fourth-order valence-electron chi connectivity index (χ4n) is 1.95. The molecule has 1 aliphatic heterocycles. The van der Waals surface area contributed by atoms with E-state index < -0.39 is 5.60 Å². The SMILES string of the molecule is CC1(c2noc(-c3sccc3O)n2)CCCO1. The molecule has 6 heteroatoms. The lowest BCUT2D eigenvalue weighted by Crippen LogP contribution is -2.21. The highest BCUT2D eigenvalue weighted by Gasteiger charge is 2.37. The number of ether oxygens (including phenoxy) is 1. The van der Waals surface area contributed by atoms with Crippen molar-refractivity contribution < 1.29 is 14.4 Å². The molecular weight excluding hydrogens is 240 g/mol. The lowest BCUT2D eigenvalue weighted by molar-refractivity contribution is 0.00768. The molecule has 90 valence electrons. The van der Waals surface area contributed by atoms with Gasteiger partial charge in [-0.2, -0.15) is 4.98 Å². The van der Waals surface area contributed by atoms with Crippen LogP contribution in [0, 0.1) is 0 Å². The smallest absolute Gasteiger partial charge is 0.271 e. The molecule has 1 N–H and O–H groups in total. The Hall–Kier alpha value is -1.40. The summed E-state index contributed by atoms with van der Waals surface area (Å²) in [5.74, 6) is 1.07. The van der Waals surface area contributed by atoms with Crippen LogP contribution < -0.4 is 0 Å². The van der Waals surface area contributed by atoms with E-state index >= 15 is 0 Å². The van der Waals surface area contributed by atoms with E-state index in [0.717, 1.165) is 19.4 Å². The second-order valence-electron chi connectivity index (χ2n) is 4.24. The first kappa shape index (κ1) is 10.7. The molecule has 0 bridgehead atoms. The van der Waals surface area contributed by atoms with Crippen LogP contribution in [0.15, 0.2) is 16.0 Å². The van der Waals surface area contributed by atoms with Gasteiger partial charge >= 0.3 is 0 Å². The molecule has 17 heavy (non-hydrogen) atoms. The molecule has 1 saturated heterocycles. The molecule has 2 aromatic rings. The van der Waals surface area contributed by atoms with Gasteiger partial charge in [0.05, 0.1) is 0 Å². The van der Waals surface area contributed by atoms with Crippen LogP contribution in [-0.2, 0) is 10.3 Å². The molecule has 0 amide bonds. The molecule has 0 saturated carbocycles. The number of hydrogen-bond donors (Lipinski definition) is 1. The van der Waals surface area contributed by atoms with E-state index in [0.29, 0.717) is 16.6 Å². The van der Waals surface area contributed by atoms with Crippen molar-refractivity contribution in [2.45, 2.75) is 25.4 Å². The number of rotatable bonds is 2. The minimum atomic E-state index is -0.450. The quantitative estimate of drug-likeness (QED) is 0.889. The van der Waals surface area contributed by atoms with E-state index in [-0.39, 0.29) is 5.75 Å². The lowest BCUT2D eigenvalue weighted by Gasteiger charge is -2.17. The van der Waals surface area contributed by atoms with Crippen molar-refractivity contribution in [3.63, 3.8) is 0 Å². The molecular formula is C11H12N2O3S. The van der Waals surface area contributed by atoms with Crippen molar-refractivity contribution in [1.82, 2.24) is 10.1 Å². The van der Waals surface area contributed by atoms with Crippen molar-refractivity contribution in [3.05, 3.63) is 17.3 Å². The predicted octanol–water partition coefficient (Wildman–Crippen LogP) is 2.53. The van der Waals surface area contributed by atoms with E-state index in [2.05, 4.69) is 10.1 Å². The molecule has 0 spiro atoms. The van der Waals surface area contributed by atoms with Crippen LogP contribution >= 0.6 is 11.3 Å². The monoisotopic (exact) mass is 252 g/mol. The van der Waals surface area contributed by atoms with Crippen molar-refractivity contribution in [1.29, 1.82) is 0 Å². The average Bonchev–Trinajstić information content (AvgIpc) is 2.97. The van der Waals surface area contributed by atoms with Gasteiger partial charge in [-0.25, -0.2) is 0 Å². The average molecular weight is 252 g/mol. The molecule has 0 aromatic carbocycles. The molecule has 0 radical (unpaired) electrons. The standard InChI is InChI=1S/C11H12N2O3S/c1-11(4-2-5-15-11)10-12-9(16-13-10)8-7(14)3-6-17-8/h3,6,14H,2,4-5H2,1H3. The van der Waals surface area contributed by atoms with Crippen molar-refractivity contribution >= 4 is 11.3 Å². The van der Waals surface area contributed by atoms with Gasteiger partial charge in [0.15, 0.2) is 0 Å². The van der Waals surface area contributed by atoms with E-state index in [1.54, 1.807) is 11.4 Å². The Labute approximate surface area is 102 Å². The van der Waals surface area contributed by atoms with Gasteiger partial charge < -0.3 is 14.4 Å². The Morgan fingerprint density at radius 1 is 1.53 bits per heavy atom. The van der Waals surface area contributed by atoms with Crippen LogP contribution in [0.2, 0.25) is 0 Å². The second-order valence-corrected chi connectivity index (χ2v) is 5.16. The molecule has 3 rings (SSSR count). The normalized spacial score (nSPS) is 24.3.